The molecule has 2 rings (SSSR count). The first-order chi connectivity index (χ1) is 7.92. The van der Waals surface area contributed by atoms with Gasteiger partial charge in [-0.25, -0.2) is 0 Å². The highest BCUT2D eigenvalue weighted by molar-refractivity contribution is 9.10. The number of hydrogen-bond acceptors (Lipinski definition) is 2. The summed E-state index contributed by atoms with van der Waals surface area (Å²) in [6.45, 7) is 5.69. The number of rotatable bonds is 2. The summed E-state index contributed by atoms with van der Waals surface area (Å²) in [6.07, 6.45) is 2.49. The Balaban J connectivity index is 2.35. The van der Waals surface area contributed by atoms with Gasteiger partial charge in [0.05, 0.1) is 0 Å². The van der Waals surface area contributed by atoms with Crippen LogP contribution in [-0.4, -0.2) is 17.1 Å². The van der Waals surface area contributed by atoms with Gasteiger partial charge in [-0.3, -0.25) is 0 Å². The van der Waals surface area contributed by atoms with Crippen molar-refractivity contribution in [1.29, 1.82) is 0 Å². The lowest BCUT2D eigenvalue weighted by Gasteiger charge is -2.34. The third kappa shape index (κ3) is 2.47. The molecule has 0 spiro atoms. The molecular formula is C13H17BrN2S. The van der Waals surface area contributed by atoms with Crippen LogP contribution >= 0.6 is 28.1 Å². The molecule has 1 aromatic rings. The Labute approximate surface area is 116 Å². The van der Waals surface area contributed by atoms with Gasteiger partial charge in [-0.05, 0) is 60.8 Å². The molecule has 0 unspecified atom stereocenters. The summed E-state index contributed by atoms with van der Waals surface area (Å²) in [5.74, 6) is 0. The minimum absolute atomic E-state index is 0.240. The summed E-state index contributed by atoms with van der Waals surface area (Å²) >= 11 is 8.55. The molecule has 0 bridgehead atoms. The number of halogens is 1. The van der Waals surface area contributed by atoms with Crippen molar-refractivity contribution in [2.75, 3.05) is 11.4 Å². The fourth-order valence-electron chi connectivity index (χ4n) is 2.46. The van der Waals surface area contributed by atoms with Crippen molar-refractivity contribution < 1.29 is 0 Å². The lowest BCUT2D eigenvalue weighted by molar-refractivity contribution is 0.518. The maximum atomic E-state index is 5.66. The summed E-state index contributed by atoms with van der Waals surface area (Å²) in [6, 6.07) is 6.21. The highest BCUT2D eigenvalue weighted by atomic mass is 79.9. The van der Waals surface area contributed by atoms with Gasteiger partial charge < -0.3 is 10.6 Å². The molecule has 2 nitrogen and oxygen atoms in total. The Kier molecular flexibility index (Phi) is 3.46. The van der Waals surface area contributed by atoms with E-state index in [1.165, 1.54) is 18.5 Å². The van der Waals surface area contributed by atoms with Crippen LogP contribution in [0.1, 0.15) is 32.3 Å². The first-order valence-electron chi connectivity index (χ1n) is 5.79. The minimum Gasteiger partial charge on any atom is -0.389 e. The number of nitrogens with two attached hydrogens (primary N) is 1. The molecular weight excluding hydrogens is 296 g/mol. The van der Waals surface area contributed by atoms with E-state index in [-0.39, 0.29) is 5.54 Å². The van der Waals surface area contributed by atoms with Crippen molar-refractivity contribution in [1.82, 2.24) is 0 Å². The minimum atomic E-state index is 0.240. The van der Waals surface area contributed by atoms with E-state index in [1.54, 1.807) is 0 Å². The number of anilines is 1. The van der Waals surface area contributed by atoms with Crippen molar-refractivity contribution in [3.63, 3.8) is 0 Å². The zero-order valence-electron chi connectivity index (χ0n) is 10.2. The lowest BCUT2D eigenvalue weighted by Crippen LogP contribution is -2.38. The second-order valence-electron chi connectivity index (χ2n) is 5.10. The van der Waals surface area contributed by atoms with Crippen LogP contribution in [0.4, 0.5) is 5.69 Å². The molecule has 0 radical (unpaired) electrons. The van der Waals surface area contributed by atoms with Crippen LogP contribution in [0.25, 0.3) is 0 Å². The first kappa shape index (κ1) is 12.8. The summed E-state index contributed by atoms with van der Waals surface area (Å²) < 4.78 is 0.977. The molecule has 1 aromatic carbocycles. The molecule has 92 valence electrons. The van der Waals surface area contributed by atoms with Gasteiger partial charge in [0.2, 0.25) is 0 Å². The quantitative estimate of drug-likeness (QED) is 0.848. The fraction of sp³-hybridized carbons (Fsp3) is 0.462. The third-order valence-corrected chi connectivity index (χ3v) is 4.31. The molecule has 1 aliphatic heterocycles. The van der Waals surface area contributed by atoms with E-state index in [2.05, 4.69) is 46.8 Å². The maximum absolute atomic E-state index is 5.66. The predicted molar refractivity (Wildman–Crippen MR) is 80.7 cm³/mol. The fourth-order valence-corrected chi connectivity index (χ4v) is 3.35. The smallest absolute Gasteiger partial charge is 0.105 e. The third-order valence-electron chi connectivity index (χ3n) is 3.43. The van der Waals surface area contributed by atoms with E-state index in [1.807, 2.05) is 6.07 Å². The summed E-state index contributed by atoms with van der Waals surface area (Å²) in [7, 11) is 0. The normalized spacial score (nSPS) is 18.4. The molecule has 1 saturated heterocycles. The van der Waals surface area contributed by atoms with E-state index >= 15 is 0 Å². The molecule has 0 aliphatic carbocycles. The molecule has 2 N–H and O–H groups in total. The molecule has 4 heteroatoms. The zero-order valence-corrected chi connectivity index (χ0v) is 12.6. The summed E-state index contributed by atoms with van der Waals surface area (Å²) in [5.41, 5.74) is 8.04. The molecule has 17 heavy (non-hydrogen) atoms. The topological polar surface area (TPSA) is 29.3 Å². The Morgan fingerprint density at radius 2 is 2.18 bits per heavy atom. The molecule has 1 aliphatic rings. The Morgan fingerprint density at radius 3 is 2.65 bits per heavy atom. The number of benzene rings is 1. The lowest BCUT2D eigenvalue weighted by atomic mass is 10.0. The van der Waals surface area contributed by atoms with E-state index < -0.39 is 0 Å². The molecule has 0 atom stereocenters. The standard InChI is InChI=1S/C13H17BrN2S/c1-13(2)6-3-7-16(13)9-4-5-10(12(15)17)11(14)8-9/h4-5,8H,3,6-7H2,1-2H3,(H2,15,17). The van der Waals surface area contributed by atoms with Gasteiger partial charge >= 0.3 is 0 Å². The maximum Gasteiger partial charge on any atom is 0.105 e. The molecule has 0 aromatic heterocycles. The monoisotopic (exact) mass is 312 g/mol. The average molecular weight is 313 g/mol. The van der Waals surface area contributed by atoms with Gasteiger partial charge in [-0.15, -0.1) is 0 Å². The average Bonchev–Trinajstić information content (AvgIpc) is 2.57. The van der Waals surface area contributed by atoms with Gasteiger partial charge in [0.15, 0.2) is 0 Å². The van der Waals surface area contributed by atoms with Crippen LogP contribution in [0, 0.1) is 0 Å². The number of hydrogen-bond donors (Lipinski definition) is 1. The van der Waals surface area contributed by atoms with Crippen molar-refractivity contribution in [2.45, 2.75) is 32.2 Å². The Hall–Kier alpha value is -0.610. The van der Waals surface area contributed by atoms with Crippen LogP contribution in [-0.2, 0) is 0 Å². The highest BCUT2D eigenvalue weighted by Gasteiger charge is 2.32. The van der Waals surface area contributed by atoms with Gasteiger partial charge in [0.1, 0.15) is 4.99 Å². The van der Waals surface area contributed by atoms with Crippen LogP contribution in [0.2, 0.25) is 0 Å². The first-order valence-corrected chi connectivity index (χ1v) is 6.99. The van der Waals surface area contributed by atoms with Crippen LogP contribution in [0.15, 0.2) is 22.7 Å². The van der Waals surface area contributed by atoms with Gasteiger partial charge in [0, 0.05) is 27.8 Å². The predicted octanol–water partition coefficient (Wildman–Crippen LogP) is 3.46. The largest absolute Gasteiger partial charge is 0.389 e. The van der Waals surface area contributed by atoms with Crippen molar-refractivity contribution in [3.05, 3.63) is 28.2 Å². The number of nitrogens with zero attached hydrogens (tertiary/aromatic N) is 1. The van der Waals surface area contributed by atoms with Crippen molar-refractivity contribution in [3.8, 4) is 0 Å². The van der Waals surface area contributed by atoms with Gasteiger partial charge in [0.25, 0.3) is 0 Å². The molecule has 0 amide bonds. The second kappa shape index (κ2) is 4.58. The highest BCUT2D eigenvalue weighted by Crippen LogP contribution is 2.35. The second-order valence-corrected chi connectivity index (χ2v) is 6.39. The summed E-state index contributed by atoms with van der Waals surface area (Å²) in [5, 5.41) is 0. The van der Waals surface area contributed by atoms with Crippen molar-refractivity contribution >= 4 is 38.8 Å². The van der Waals surface area contributed by atoms with Crippen LogP contribution in [0.3, 0.4) is 0 Å². The molecule has 1 heterocycles. The van der Waals surface area contributed by atoms with E-state index in [0.717, 1.165) is 16.6 Å². The number of thiocarbonyl (C=S) groups is 1. The summed E-state index contributed by atoms with van der Waals surface area (Å²) in [4.78, 5) is 2.88. The van der Waals surface area contributed by atoms with Crippen molar-refractivity contribution in [2.24, 2.45) is 5.73 Å². The molecule has 0 saturated carbocycles. The molecule has 1 fully saturated rings. The SMILES string of the molecule is CC1(C)CCCN1c1ccc(C(N)=S)c(Br)c1. The van der Waals surface area contributed by atoms with E-state index in [0.29, 0.717) is 4.99 Å². The Bertz CT molecular complexity index is 457. The van der Waals surface area contributed by atoms with E-state index in [9.17, 15) is 0 Å². The van der Waals surface area contributed by atoms with Crippen LogP contribution in [0.5, 0.6) is 0 Å². The Morgan fingerprint density at radius 1 is 1.47 bits per heavy atom. The van der Waals surface area contributed by atoms with Gasteiger partial charge in [-0.1, -0.05) is 12.2 Å². The van der Waals surface area contributed by atoms with Crippen LogP contribution < -0.4 is 10.6 Å². The van der Waals surface area contributed by atoms with E-state index in [4.69, 9.17) is 18.0 Å². The zero-order chi connectivity index (χ0) is 12.6. The van der Waals surface area contributed by atoms with Gasteiger partial charge in [-0.2, -0.15) is 0 Å².